The molecule has 0 bridgehead atoms. The van der Waals surface area contributed by atoms with Crippen LogP contribution in [0.1, 0.15) is 31.1 Å². The molecule has 1 aromatic rings. The summed E-state index contributed by atoms with van der Waals surface area (Å²) in [6.45, 7) is 7.49. The topological polar surface area (TPSA) is 41.5 Å². The first-order valence-corrected chi connectivity index (χ1v) is 7.01. The molecule has 1 rings (SSSR count). The predicted molar refractivity (Wildman–Crippen MR) is 79.7 cm³/mol. The molecule has 3 nitrogen and oxygen atoms in total. The molecule has 4 heteroatoms. The van der Waals surface area contributed by atoms with Gasteiger partial charge in [-0.05, 0) is 30.0 Å². The summed E-state index contributed by atoms with van der Waals surface area (Å²) < 4.78 is 5.03. The molecular weight excluding hydrogens is 262 g/mol. The van der Waals surface area contributed by atoms with Gasteiger partial charge in [0.15, 0.2) is 0 Å². The van der Waals surface area contributed by atoms with Crippen LogP contribution in [-0.2, 0) is 4.74 Å². The number of ether oxygens (including phenoxy) is 1. The second kappa shape index (κ2) is 7.85. The van der Waals surface area contributed by atoms with Crippen LogP contribution in [0.2, 0.25) is 5.02 Å². The summed E-state index contributed by atoms with van der Waals surface area (Å²) in [5.74, 6) is 0.322. The molecule has 0 saturated heterocycles. The van der Waals surface area contributed by atoms with E-state index in [1.54, 1.807) is 7.11 Å². The van der Waals surface area contributed by atoms with Crippen molar-refractivity contribution in [2.75, 3.05) is 20.3 Å². The smallest absolute Gasteiger partial charge is 0.0945 e. The fraction of sp³-hybridized carbons (Fsp3) is 0.600. The third-order valence-corrected chi connectivity index (χ3v) is 3.69. The first-order chi connectivity index (χ1) is 8.97. The zero-order valence-electron chi connectivity index (χ0n) is 12.1. The zero-order chi connectivity index (χ0) is 14.4. The number of methoxy groups -OCH3 is 1. The van der Waals surface area contributed by atoms with E-state index in [1.165, 1.54) is 0 Å². The molecule has 2 unspecified atom stereocenters. The Kier molecular flexibility index (Phi) is 6.80. The van der Waals surface area contributed by atoms with Crippen molar-refractivity contribution in [1.82, 2.24) is 5.32 Å². The maximum absolute atomic E-state index is 10.5. The van der Waals surface area contributed by atoms with Gasteiger partial charge in [0, 0.05) is 24.7 Å². The Balaban J connectivity index is 2.80. The maximum Gasteiger partial charge on any atom is 0.0945 e. The minimum absolute atomic E-state index is 0.00396. The zero-order valence-corrected chi connectivity index (χ0v) is 12.9. The Morgan fingerprint density at radius 3 is 2.58 bits per heavy atom. The Morgan fingerprint density at radius 1 is 1.37 bits per heavy atom. The van der Waals surface area contributed by atoms with Gasteiger partial charge in [-0.1, -0.05) is 37.6 Å². The molecule has 0 aliphatic heterocycles. The Bertz CT molecular complexity index is 396. The van der Waals surface area contributed by atoms with Gasteiger partial charge < -0.3 is 15.2 Å². The van der Waals surface area contributed by atoms with E-state index < -0.39 is 6.10 Å². The quantitative estimate of drug-likeness (QED) is 0.757. The summed E-state index contributed by atoms with van der Waals surface area (Å²) in [6.07, 6.45) is -0.548. The van der Waals surface area contributed by atoms with Crippen LogP contribution in [0.3, 0.4) is 0 Å². The van der Waals surface area contributed by atoms with Gasteiger partial charge in [-0.3, -0.25) is 0 Å². The monoisotopic (exact) mass is 285 g/mol. The van der Waals surface area contributed by atoms with E-state index in [-0.39, 0.29) is 6.04 Å². The fourth-order valence-corrected chi connectivity index (χ4v) is 2.22. The molecule has 108 valence electrons. The molecule has 2 atom stereocenters. The number of nitrogens with one attached hydrogen (secondary N) is 1. The molecule has 0 aliphatic carbocycles. The molecule has 0 aromatic heterocycles. The standard InChI is InChI=1S/C15H24ClNO2/c1-10(2)14(17-7-8-19-4)15(18)12-5-6-13(16)11(3)9-12/h5-6,9-10,14-15,17-18H,7-8H2,1-4H3. The number of aryl methyl sites for hydroxylation is 1. The Morgan fingerprint density at radius 2 is 2.05 bits per heavy atom. The van der Waals surface area contributed by atoms with Crippen molar-refractivity contribution in [2.45, 2.75) is 32.9 Å². The number of hydrogen-bond donors (Lipinski definition) is 2. The second-order valence-corrected chi connectivity index (χ2v) is 5.58. The van der Waals surface area contributed by atoms with Crippen LogP contribution < -0.4 is 5.32 Å². The van der Waals surface area contributed by atoms with E-state index in [9.17, 15) is 5.11 Å². The van der Waals surface area contributed by atoms with E-state index in [0.29, 0.717) is 12.5 Å². The predicted octanol–water partition coefficient (Wildman–Crippen LogP) is 2.94. The van der Waals surface area contributed by atoms with E-state index in [0.717, 1.165) is 22.7 Å². The van der Waals surface area contributed by atoms with Gasteiger partial charge in [0.25, 0.3) is 0 Å². The van der Waals surface area contributed by atoms with Crippen molar-refractivity contribution in [3.8, 4) is 0 Å². The van der Waals surface area contributed by atoms with Gasteiger partial charge in [0.2, 0.25) is 0 Å². The third-order valence-electron chi connectivity index (χ3n) is 3.27. The number of hydrogen-bond acceptors (Lipinski definition) is 3. The molecule has 2 N–H and O–H groups in total. The van der Waals surface area contributed by atoms with Crippen LogP contribution in [0.4, 0.5) is 0 Å². The lowest BCUT2D eigenvalue weighted by molar-refractivity contribution is 0.0978. The first kappa shape index (κ1) is 16.4. The molecule has 0 aliphatic rings. The van der Waals surface area contributed by atoms with Gasteiger partial charge in [-0.2, -0.15) is 0 Å². The van der Waals surface area contributed by atoms with Gasteiger partial charge in [-0.15, -0.1) is 0 Å². The van der Waals surface area contributed by atoms with Crippen molar-refractivity contribution in [3.63, 3.8) is 0 Å². The number of halogens is 1. The Labute approximate surface area is 120 Å². The Hall–Kier alpha value is -0.610. The van der Waals surface area contributed by atoms with Crippen molar-refractivity contribution >= 4 is 11.6 Å². The molecule has 1 aromatic carbocycles. The highest BCUT2D eigenvalue weighted by Gasteiger charge is 2.23. The molecule has 0 amide bonds. The largest absolute Gasteiger partial charge is 0.387 e. The summed E-state index contributed by atoms with van der Waals surface area (Å²) in [5.41, 5.74) is 1.88. The number of rotatable bonds is 7. The van der Waals surface area contributed by atoms with Crippen LogP contribution in [0.25, 0.3) is 0 Å². The number of benzene rings is 1. The minimum atomic E-state index is -0.548. The average molecular weight is 286 g/mol. The fourth-order valence-electron chi connectivity index (χ4n) is 2.10. The summed E-state index contributed by atoms with van der Waals surface area (Å²) >= 11 is 6.02. The summed E-state index contributed by atoms with van der Waals surface area (Å²) in [7, 11) is 1.67. The maximum atomic E-state index is 10.5. The van der Waals surface area contributed by atoms with Crippen molar-refractivity contribution in [2.24, 2.45) is 5.92 Å². The molecule has 19 heavy (non-hydrogen) atoms. The lowest BCUT2D eigenvalue weighted by Gasteiger charge is -2.28. The van der Waals surface area contributed by atoms with E-state index in [4.69, 9.17) is 16.3 Å². The summed E-state index contributed by atoms with van der Waals surface area (Å²) in [6, 6.07) is 5.66. The molecule has 0 fully saturated rings. The van der Waals surface area contributed by atoms with E-state index >= 15 is 0 Å². The first-order valence-electron chi connectivity index (χ1n) is 6.63. The normalized spacial score (nSPS) is 14.7. The van der Waals surface area contributed by atoms with Crippen LogP contribution in [0.5, 0.6) is 0 Å². The molecule has 0 radical (unpaired) electrons. The van der Waals surface area contributed by atoms with Gasteiger partial charge in [-0.25, -0.2) is 0 Å². The van der Waals surface area contributed by atoms with E-state index in [1.807, 2.05) is 25.1 Å². The van der Waals surface area contributed by atoms with Crippen molar-refractivity contribution < 1.29 is 9.84 Å². The average Bonchev–Trinajstić information content (AvgIpc) is 2.37. The third kappa shape index (κ3) is 4.77. The van der Waals surface area contributed by atoms with Crippen molar-refractivity contribution in [3.05, 3.63) is 34.3 Å². The lowest BCUT2D eigenvalue weighted by atomic mass is 9.92. The number of aliphatic hydroxyl groups is 1. The minimum Gasteiger partial charge on any atom is -0.387 e. The summed E-state index contributed by atoms with van der Waals surface area (Å²) in [4.78, 5) is 0. The lowest BCUT2D eigenvalue weighted by Crippen LogP contribution is -2.40. The SMILES string of the molecule is COCCNC(C(C)C)C(O)c1ccc(Cl)c(C)c1. The van der Waals surface area contributed by atoms with Crippen LogP contribution in [0.15, 0.2) is 18.2 Å². The van der Waals surface area contributed by atoms with Crippen molar-refractivity contribution in [1.29, 1.82) is 0 Å². The van der Waals surface area contributed by atoms with E-state index in [2.05, 4.69) is 19.2 Å². The van der Waals surface area contributed by atoms with Gasteiger partial charge in [0.05, 0.1) is 12.7 Å². The highest BCUT2D eigenvalue weighted by atomic mass is 35.5. The molecule has 0 heterocycles. The number of aliphatic hydroxyl groups excluding tert-OH is 1. The highest BCUT2D eigenvalue weighted by Crippen LogP contribution is 2.25. The van der Waals surface area contributed by atoms with Gasteiger partial charge >= 0.3 is 0 Å². The summed E-state index contributed by atoms with van der Waals surface area (Å²) in [5, 5.41) is 14.6. The van der Waals surface area contributed by atoms with Crippen LogP contribution in [-0.4, -0.2) is 31.4 Å². The highest BCUT2D eigenvalue weighted by molar-refractivity contribution is 6.31. The molecular formula is C15H24ClNO2. The van der Waals surface area contributed by atoms with Crippen LogP contribution >= 0.6 is 11.6 Å². The second-order valence-electron chi connectivity index (χ2n) is 5.17. The molecule has 0 saturated carbocycles. The molecule has 0 spiro atoms. The van der Waals surface area contributed by atoms with Gasteiger partial charge in [0.1, 0.15) is 0 Å². The van der Waals surface area contributed by atoms with Crippen LogP contribution in [0, 0.1) is 12.8 Å².